The SMILES string of the molecule is CCCC[C@H](NC(=O)Cc1ccc(OC(F)F)cc1)C(=O)O. The fraction of sp³-hybridized carbons (Fsp3) is 0.467. The summed E-state index contributed by atoms with van der Waals surface area (Å²) in [6.07, 6.45) is 1.89. The molecule has 1 aromatic carbocycles. The molecule has 22 heavy (non-hydrogen) atoms. The molecule has 1 rings (SSSR count). The lowest BCUT2D eigenvalue weighted by molar-refractivity contribution is -0.142. The molecule has 0 saturated carbocycles. The minimum Gasteiger partial charge on any atom is -0.480 e. The van der Waals surface area contributed by atoms with Gasteiger partial charge in [-0.25, -0.2) is 4.79 Å². The maximum atomic E-state index is 12.0. The quantitative estimate of drug-likeness (QED) is 0.734. The highest BCUT2D eigenvalue weighted by Crippen LogP contribution is 2.15. The zero-order chi connectivity index (χ0) is 16.5. The lowest BCUT2D eigenvalue weighted by atomic mass is 10.1. The van der Waals surface area contributed by atoms with Crippen LogP contribution in [0.5, 0.6) is 5.75 Å². The highest BCUT2D eigenvalue weighted by atomic mass is 19.3. The van der Waals surface area contributed by atoms with E-state index in [1.54, 1.807) is 0 Å². The standard InChI is InChI=1S/C15H19F2NO4/c1-2-3-4-12(14(20)21)18-13(19)9-10-5-7-11(8-6-10)22-15(16)17/h5-8,12,15H,2-4,9H2,1H3,(H,18,19)(H,20,21)/t12-/m0/s1. The first-order chi connectivity index (χ1) is 10.4. The second kappa shape index (κ2) is 8.96. The van der Waals surface area contributed by atoms with E-state index in [4.69, 9.17) is 5.11 Å². The predicted octanol–water partition coefficient (Wildman–Crippen LogP) is 2.59. The zero-order valence-electron chi connectivity index (χ0n) is 12.2. The molecule has 0 unspecified atom stereocenters. The Hall–Kier alpha value is -2.18. The third-order valence-corrected chi connectivity index (χ3v) is 2.99. The first kappa shape index (κ1) is 17.9. The number of nitrogens with one attached hydrogen (secondary N) is 1. The van der Waals surface area contributed by atoms with Gasteiger partial charge >= 0.3 is 12.6 Å². The molecule has 0 saturated heterocycles. The summed E-state index contributed by atoms with van der Waals surface area (Å²) in [4.78, 5) is 22.9. The van der Waals surface area contributed by atoms with Gasteiger partial charge in [0.1, 0.15) is 11.8 Å². The number of carbonyl (C=O) groups is 2. The molecule has 0 aliphatic carbocycles. The molecule has 0 aliphatic heterocycles. The highest BCUT2D eigenvalue weighted by Gasteiger charge is 2.19. The van der Waals surface area contributed by atoms with E-state index in [0.717, 1.165) is 6.42 Å². The molecule has 0 radical (unpaired) electrons. The molecule has 0 heterocycles. The van der Waals surface area contributed by atoms with Gasteiger partial charge in [0.05, 0.1) is 6.42 Å². The summed E-state index contributed by atoms with van der Waals surface area (Å²) in [6, 6.07) is 4.73. The lowest BCUT2D eigenvalue weighted by Crippen LogP contribution is -2.41. The molecule has 122 valence electrons. The summed E-state index contributed by atoms with van der Waals surface area (Å²) < 4.78 is 28.2. The number of rotatable bonds is 9. The average Bonchev–Trinajstić information content (AvgIpc) is 2.44. The number of benzene rings is 1. The Morgan fingerprint density at radius 2 is 1.91 bits per heavy atom. The number of ether oxygens (including phenoxy) is 1. The molecule has 0 fully saturated rings. The van der Waals surface area contributed by atoms with Crippen molar-refractivity contribution in [3.8, 4) is 5.75 Å². The molecular formula is C15H19F2NO4. The monoisotopic (exact) mass is 315 g/mol. The number of amides is 1. The number of halogens is 2. The first-order valence-corrected chi connectivity index (χ1v) is 6.98. The van der Waals surface area contributed by atoms with Crippen molar-refractivity contribution in [3.05, 3.63) is 29.8 Å². The van der Waals surface area contributed by atoms with Gasteiger partial charge < -0.3 is 15.2 Å². The molecule has 1 atom stereocenters. The van der Waals surface area contributed by atoms with Gasteiger partial charge in [-0.2, -0.15) is 8.78 Å². The number of hydrogen-bond acceptors (Lipinski definition) is 3. The van der Waals surface area contributed by atoms with E-state index in [9.17, 15) is 18.4 Å². The van der Waals surface area contributed by atoms with E-state index < -0.39 is 24.5 Å². The van der Waals surface area contributed by atoms with Crippen molar-refractivity contribution < 1.29 is 28.2 Å². The number of unbranched alkanes of at least 4 members (excludes halogenated alkanes) is 1. The molecule has 1 aromatic rings. The second-order valence-electron chi connectivity index (χ2n) is 4.80. The third kappa shape index (κ3) is 6.51. The van der Waals surface area contributed by atoms with Gasteiger partial charge in [-0.3, -0.25) is 4.79 Å². The molecule has 0 bridgehead atoms. The fourth-order valence-electron chi connectivity index (χ4n) is 1.89. The van der Waals surface area contributed by atoms with Crippen molar-refractivity contribution in [1.29, 1.82) is 0 Å². The number of carboxylic acid groups (broad SMARTS) is 1. The maximum absolute atomic E-state index is 12.0. The van der Waals surface area contributed by atoms with Gasteiger partial charge in [-0.15, -0.1) is 0 Å². The Labute approximate surface area is 127 Å². The number of carboxylic acids is 1. The van der Waals surface area contributed by atoms with E-state index in [-0.39, 0.29) is 12.2 Å². The molecule has 0 spiro atoms. The summed E-state index contributed by atoms with van der Waals surface area (Å²) in [5.74, 6) is -1.49. The average molecular weight is 315 g/mol. The molecule has 7 heteroatoms. The minimum absolute atomic E-state index is 0.00511. The highest BCUT2D eigenvalue weighted by molar-refractivity contribution is 5.84. The number of alkyl halides is 2. The van der Waals surface area contributed by atoms with Crippen molar-refractivity contribution in [3.63, 3.8) is 0 Å². The molecule has 0 aliphatic rings. The van der Waals surface area contributed by atoms with Crippen LogP contribution in [0.4, 0.5) is 8.78 Å². The first-order valence-electron chi connectivity index (χ1n) is 6.98. The molecule has 1 amide bonds. The topological polar surface area (TPSA) is 75.6 Å². The van der Waals surface area contributed by atoms with Crippen LogP contribution >= 0.6 is 0 Å². The van der Waals surface area contributed by atoms with E-state index in [1.807, 2.05) is 6.92 Å². The lowest BCUT2D eigenvalue weighted by Gasteiger charge is -2.14. The fourth-order valence-corrected chi connectivity index (χ4v) is 1.89. The van der Waals surface area contributed by atoms with E-state index in [0.29, 0.717) is 18.4 Å². The van der Waals surface area contributed by atoms with Crippen molar-refractivity contribution in [2.24, 2.45) is 0 Å². The summed E-state index contributed by atoms with van der Waals surface area (Å²) in [7, 11) is 0. The van der Waals surface area contributed by atoms with Crippen LogP contribution in [0.2, 0.25) is 0 Å². The van der Waals surface area contributed by atoms with Crippen LogP contribution in [0.3, 0.4) is 0 Å². The molecular weight excluding hydrogens is 296 g/mol. The van der Waals surface area contributed by atoms with Crippen LogP contribution in [0.15, 0.2) is 24.3 Å². The summed E-state index contributed by atoms with van der Waals surface area (Å²) in [6.45, 7) is -0.965. The van der Waals surface area contributed by atoms with Gasteiger partial charge in [-0.05, 0) is 24.1 Å². The van der Waals surface area contributed by atoms with Crippen molar-refractivity contribution in [2.75, 3.05) is 0 Å². The van der Waals surface area contributed by atoms with E-state index in [2.05, 4.69) is 10.1 Å². The van der Waals surface area contributed by atoms with E-state index >= 15 is 0 Å². The van der Waals surface area contributed by atoms with Gasteiger partial charge in [0.25, 0.3) is 0 Å². The Bertz CT molecular complexity index is 491. The van der Waals surface area contributed by atoms with Crippen LogP contribution in [-0.2, 0) is 16.0 Å². The van der Waals surface area contributed by atoms with Crippen molar-refractivity contribution >= 4 is 11.9 Å². The zero-order valence-corrected chi connectivity index (χ0v) is 12.2. The Morgan fingerprint density at radius 3 is 2.41 bits per heavy atom. The predicted molar refractivity (Wildman–Crippen MR) is 75.9 cm³/mol. The van der Waals surface area contributed by atoms with Crippen LogP contribution in [-0.4, -0.2) is 29.6 Å². The molecule has 2 N–H and O–H groups in total. The number of carbonyl (C=O) groups excluding carboxylic acids is 1. The van der Waals surface area contributed by atoms with Gasteiger partial charge in [0.2, 0.25) is 5.91 Å². The second-order valence-corrected chi connectivity index (χ2v) is 4.80. The number of hydrogen-bond donors (Lipinski definition) is 2. The summed E-state index contributed by atoms with van der Waals surface area (Å²) in [5, 5.41) is 11.5. The summed E-state index contributed by atoms with van der Waals surface area (Å²) in [5.41, 5.74) is 0.582. The van der Waals surface area contributed by atoms with Gasteiger partial charge in [-0.1, -0.05) is 31.9 Å². The van der Waals surface area contributed by atoms with Crippen LogP contribution in [0, 0.1) is 0 Å². The van der Waals surface area contributed by atoms with Gasteiger partial charge in [0.15, 0.2) is 0 Å². The van der Waals surface area contributed by atoms with Crippen LogP contribution < -0.4 is 10.1 Å². The Balaban J connectivity index is 2.54. The van der Waals surface area contributed by atoms with Crippen LogP contribution in [0.25, 0.3) is 0 Å². The smallest absolute Gasteiger partial charge is 0.387 e. The van der Waals surface area contributed by atoms with Crippen molar-refractivity contribution in [1.82, 2.24) is 5.32 Å². The molecule has 0 aromatic heterocycles. The van der Waals surface area contributed by atoms with Gasteiger partial charge in [0, 0.05) is 0 Å². The normalized spacial score (nSPS) is 12.0. The molecule has 5 nitrogen and oxygen atoms in total. The Kier molecular flexibility index (Phi) is 7.28. The third-order valence-electron chi connectivity index (χ3n) is 2.99. The van der Waals surface area contributed by atoms with Crippen LogP contribution in [0.1, 0.15) is 31.7 Å². The van der Waals surface area contributed by atoms with E-state index in [1.165, 1.54) is 24.3 Å². The Morgan fingerprint density at radius 1 is 1.27 bits per heavy atom. The summed E-state index contributed by atoms with van der Waals surface area (Å²) >= 11 is 0. The minimum atomic E-state index is -2.90. The maximum Gasteiger partial charge on any atom is 0.387 e. The largest absolute Gasteiger partial charge is 0.480 e. The number of aliphatic carboxylic acids is 1. The van der Waals surface area contributed by atoms with Crippen molar-refractivity contribution in [2.45, 2.75) is 45.3 Å².